The van der Waals surface area contributed by atoms with Crippen molar-refractivity contribution in [1.29, 1.82) is 0 Å². The summed E-state index contributed by atoms with van der Waals surface area (Å²) in [6.45, 7) is 1.66. The molecule has 6 unspecified atom stereocenters. The van der Waals surface area contributed by atoms with Gasteiger partial charge < -0.3 is 25.8 Å². The summed E-state index contributed by atoms with van der Waals surface area (Å²) in [7, 11) is 4.38. The zero-order valence-electron chi connectivity index (χ0n) is 22.3. The number of aliphatic hydroxyl groups is 2. The lowest BCUT2D eigenvalue weighted by atomic mass is 9.49. The molecule has 8 atom stereocenters. The lowest BCUT2D eigenvalue weighted by Crippen LogP contribution is -2.77. The van der Waals surface area contributed by atoms with E-state index < -0.39 is 82.1 Å². The first-order valence-corrected chi connectivity index (χ1v) is 12.8. The van der Waals surface area contributed by atoms with Crippen molar-refractivity contribution in [2.75, 3.05) is 21.2 Å². The largest absolute Gasteiger partial charge is 0.507 e. The van der Waals surface area contributed by atoms with Gasteiger partial charge in [0.25, 0.3) is 0 Å². The van der Waals surface area contributed by atoms with Crippen LogP contribution in [0.2, 0.25) is 0 Å². The summed E-state index contributed by atoms with van der Waals surface area (Å²) >= 11 is 0. The SMILES string of the molecule is COc1cccc(-c2ccc3c(c2O)C(=O)C2C(=O)[C@]4(O)C(=O)C(C(N)=O)C(=O)[C@@H](N(C)C)C4C(O)C2C3C)c1. The molecule has 0 heterocycles. The maximum atomic E-state index is 14.0. The van der Waals surface area contributed by atoms with Crippen LogP contribution in [0.5, 0.6) is 11.5 Å². The van der Waals surface area contributed by atoms with Crippen LogP contribution in [-0.2, 0) is 19.2 Å². The first-order valence-electron chi connectivity index (χ1n) is 12.8. The fraction of sp³-hybridized carbons (Fsp3) is 0.414. The Morgan fingerprint density at radius 1 is 1.07 bits per heavy atom. The Bertz CT molecular complexity index is 1480. The summed E-state index contributed by atoms with van der Waals surface area (Å²) in [5.41, 5.74) is 3.34. The third-order valence-corrected chi connectivity index (χ3v) is 8.87. The maximum absolute atomic E-state index is 14.0. The Morgan fingerprint density at radius 3 is 2.35 bits per heavy atom. The topological polar surface area (TPSA) is 185 Å². The number of primary amides is 1. The third-order valence-electron chi connectivity index (χ3n) is 8.87. The van der Waals surface area contributed by atoms with E-state index in [1.807, 2.05) is 0 Å². The molecule has 11 heteroatoms. The maximum Gasteiger partial charge on any atom is 0.235 e. The van der Waals surface area contributed by atoms with Crippen molar-refractivity contribution in [2.24, 2.45) is 29.4 Å². The van der Waals surface area contributed by atoms with Crippen LogP contribution in [0.3, 0.4) is 0 Å². The molecule has 0 bridgehead atoms. The van der Waals surface area contributed by atoms with Gasteiger partial charge in [-0.1, -0.05) is 31.2 Å². The number of Topliss-reactive ketones (excluding diaryl/α,β-unsaturated/α-hetero) is 4. The quantitative estimate of drug-likeness (QED) is 0.380. The number of amides is 1. The van der Waals surface area contributed by atoms with Gasteiger partial charge in [-0.25, -0.2) is 0 Å². The molecule has 0 saturated heterocycles. The van der Waals surface area contributed by atoms with Gasteiger partial charge in [-0.05, 0) is 43.3 Å². The third kappa shape index (κ3) is 3.51. The van der Waals surface area contributed by atoms with Gasteiger partial charge >= 0.3 is 0 Å². The van der Waals surface area contributed by atoms with E-state index in [0.29, 0.717) is 16.9 Å². The molecule has 2 aromatic carbocycles. The van der Waals surface area contributed by atoms with Crippen molar-refractivity contribution in [1.82, 2.24) is 4.90 Å². The van der Waals surface area contributed by atoms with Gasteiger partial charge in [0.2, 0.25) is 5.91 Å². The first kappa shape index (κ1) is 27.6. The zero-order valence-corrected chi connectivity index (χ0v) is 22.3. The summed E-state index contributed by atoms with van der Waals surface area (Å²) in [5.74, 6) is -13.0. The van der Waals surface area contributed by atoms with Gasteiger partial charge in [-0.2, -0.15) is 0 Å². The van der Waals surface area contributed by atoms with Gasteiger partial charge in [0, 0.05) is 11.5 Å². The average Bonchev–Trinajstić information content (AvgIpc) is 2.90. The lowest BCUT2D eigenvalue weighted by molar-refractivity contribution is -0.196. The second-order valence-corrected chi connectivity index (χ2v) is 11.0. The van der Waals surface area contributed by atoms with Crippen LogP contribution in [0.25, 0.3) is 11.1 Å². The Hall–Kier alpha value is -3.93. The molecule has 0 spiro atoms. The summed E-state index contributed by atoms with van der Waals surface area (Å²) < 4.78 is 5.25. The van der Waals surface area contributed by atoms with Crippen LogP contribution < -0.4 is 10.5 Å². The van der Waals surface area contributed by atoms with E-state index in [-0.39, 0.29) is 11.1 Å². The van der Waals surface area contributed by atoms with E-state index >= 15 is 0 Å². The fourth-order valence-electron chi connectivity index (χ4n) is 7.01. The number of hydrogen-bond donors (Lipinski definition) is 4. The second kappa shape index (κ2) is 9.33. The van der Waals surface area contributed by atoms with Crippen LogP contribution in [0.4, 0.5) is 0 Å². The van der Waals surface area contributed by atoms with Crippen LogP contribution >= 0.6 is 0 Å². The minimum atomic E-state index is -3.03. The minimum absolute atomic E-state index is 0.161. The van der Waals surface area contributed by atoms with Crippen molar-refractivity contribution in [3.63, 3.8) is 0 Å². The summed E-state index contributed by atoms with van der Waals surface area (Å²) in [5, 5.41) is 34.7. The number of benzene rings is 2. The number of carbonyl (C=O) groups is 5. The molecule has 1 amide bonds. The highest BCUT2D eigenvalue weighted by molar-refractivity contribution is 6.32. The molecule has 3 aliphatic rings. The highest BCUT2D eigenvalue weighted by Crippen LogP contribution is 2.55. The highest BCUT2D eigenvalue weighted by atomic mass is 16.5. The number of aliphatic hydroxyl groups excluding tert-OH is 1. The predicted octanol–water partition coefficient (Wildman–Crippen LogP) is 0.0744. The number of rotatable bonds is 4. The molecule has 0 aliphatic heterocycles. The summed E-state index contributed by atoms with van der Waals surface area (Å²) in [6, 6.07) is 8.62. The fourth-order valence-corrected chi connectivity index (χ4v) is 7.01. The van der Waals surface area contributed by atoms with E-state index in [1.165, 1.54) is 26.1 Å². The van der Waals surface area contributed by atoms with Crippen molar-refractivity contribution in [3.05, 3.63) is 47.5 Å². The van der Waals surface area contributed by atoms with Crippen molar-refractivity contribution in [3.8, 4) is 22.6 Å². The molecule has 2 aromatic rings. The van der Waals surface area contributed by atoms with Crippen molar-refractivity contribution < 1.29 is 44.0 Å². The number of carbonyl (C=O) groups excluding carboxylic acids is 5. The Morgan fingerprint density at radius 2 is 1.75 bits per heavy atom. The second-order valence-electron chi connectivity index (χ2n) is 11.0. The lowest BCUT2D eigenvalue weighted by Gasteiger charge is -2.56. The number of methoxy groups -OCH3 is 1. The number of aromatic hydroxyl groups is 1. The van der Waals surface area contributed by atoms with Crippen LogP contribution in [0, 0.1) is 23.7 Å². The normalized spacial score (nSPS) is 33.3. The van der Waals surface area contributed by atoms with E-state index in [4.69, 9.17) is 10.5 Å². The minimum Gasteiger partial charge on any atom is -0.507 e. The number of nitrogens with zero attached hydrogens (tertiary/aromatic N) is 1. The number of nitrogens with two attached hydrogens (primary N) is 1. The Kier molecular flexibility index (Phi) is 6.44. The molecule has 5 rings (SSSR count). The van der Waals surface area contributed by atoms with E-state index in [2.05, 4.69) is 0 Å². The first-order chi connectivity index (χ1) is 18.8. The molecule has 210 valence electrons. The standard InChI is InChI=1S/C29H30N2O9/c1-11-14-8-9-15(12-6-5-7-13(10-12)40-4)22(32)17(14)23(33)18-16(11)24(34)20-21(31(2)3)25(35)19(28(30)38)27(37)29(20,39)26(18)36/h5-11,16,18-21,24,32,34,39H,1-4H3,(H2,30,38)/t11?,16?,18?,19?,20?,21-,24?,29-/m0/s1. The molecule has 5 N–H and O–H groups in total. The molecule has 2 saturated carbocycles. The van der Waals surface area contributed by atoms with Gasteiger partial charge in [0.15, 0.2) is 34.7 Å². The van der Waals surface area contributed by atoms with E-state index in [9.17, 15) is 39.3 Å². The molecule has 11 nitrogen and oxygen atoms in total. The van der Waals surface area contributed by atoms with Gasteiger partial charge in [-0.15, -0.1) is 0 Å². The number of likely N-dealkylation sites (N-methyl/N-ethyl adjacent to an activating group) is 1. The van der Waals surface area contributed by atoms with Gasteiger partial charge in [0.1, 0.15) is 11.5 Å². The van der Waals surface area contributed by atoms with Crippen molar-refractivity contribution >= 4 is 29.0 Å². The summed E-state index contributed by atoms with van der Waals surface area (Å²) in [4.78, 5) is 68.2. The number of hydrogen-bond acceptors (Lipinski definition) is 10. The Labute approximate surface area is 229 Å². The smallest absolute Gasteiger partial charge is 0.235 e. The molecular weight excluding hydrogens is 520 g/mol. The highest BCUT2D eigenvalue weighted by Gasteiger charge is 2.72. The monoisotopic (exact) mass is 550 g/mol. The van der Waals surface area contributed by atoms with Crippen LogP contribution in [0.1, 0.15) is 28.8 Å². The predicted molar refractivity (Wildman–Crippen MR) is 139 cm³/mol. The molecule has 0 radical (unpaired) electrons. The van der Waals surface area contributed by atoms with E-state index in [0.717, 1.165) is 0 Å². The van der Waals surface area contributed by atoms with Gasteiger partial charge in [0.05, 0.1) is 36.7 Å². The molecule has 3 aliphatic carbocycles. The number of ether oxygens (including phenoxy) is 1. The van der Waals surface area contributed by atoms with Crippen molar-refractivity contribution in [2.45, 2.75) is 30.6 Å². The van der Waals surface area contributed by atoms with E-state index in [1.54, 1.807) is 43.3 Å². The summed E-state index contributed by atoms with van der Waals surface area (Å²) in [6.07, 6.45) is -1.67. The molecule has 0 aromatic heterocycles. The molecular formula is C29H30N2O9. The van der Waals surface area contributed by atoms with Crippen LogP contribution in [0.15, 0.2) is 36.4 Å². The van der Waals surface area contributed by atoms with Gasteiger partial charge in [-0.3, -0.25) is 28.9 Å². The number of ketones is 4. The number of phenols is 1. The Balaban J connectivity index is 1.69. The average molecular weight is 551 g/mol. The number of phenolic OH excluding ortho intramolecular Hbond substituents is 1. The van der Waals surface area contributed by atoms with Crippen LogP contribution in [-0.4, -0.2) is 88.2 Å². The number of fused-ring (bicyclic) bond motifs is 3. The molecule has 40 heavy (non-hydrogen) atoms. The molecule has 2 fully saturated rings. The zero-order chi connectivity index (χ0) is 29.4.